The van der Waals surface area contributed by atoms with E-state index in [1.165, 1.54) is 0 Å². The molecule has 0 spiro atoms. The van der Waals surface area contributed by atoms with Gasteiger partial charge in [-0.15, -0.1) is 0 Å². The zero-order chi connectivity index (χ0) is 17.9. The molecular formula is C17H29N5O3. The Morgan fingerprint density at radius 1 is 1.32 bits per heavy atom. The maximum Gasteiger partial charge on any atom is 0.242 e. The summed E-state index contributed by atoms with van der Waals surface area (Å²) in [6.45, 7) is 9.60. The van der Waals surface area contributed by atoms with Crippen LogP contribution in [0.3, 0.4) is 0 Å². The predicted molar refractivity (Wildman–Crippen MR) is 96.4 cm³/mol. The lowest BCUT2D eigenvalue weighted by Gasteiger charge is -2.32. The van der Waals surface area contributed by atoms with Crippen molar-refractivity contribution in [2.24, 2.45) is 4.99 Å². The number of amides is 1. The number of nitrogens with zero attached hydrogens (tertiary/aromatic N) is 2. The van der Waals surface area contributed by atoms with E-state index in [0.717, 1.165) is 45.2 Å². The topological polar surface area (TPSA) is 91.1 Å². The summed E-state index contributed by atoms with van der Waals surface area (Å²) in [4.78, 5) is 18.6. The second kappa shape index (κ2) is 10.7. The smallest absolute Gasteiger partial charge is 0.242 e. The highest BCUT2D eigenvalue weighted by molar-refractivity contribution is 5.84. The molecule has 8 heteroatoms. The van der Waals surface area contributed by atoms with E-state index in [0.29, 0.717) is 18.5 Å². The number of guanidine groups is 1. The molecule has 25 heavy (non-hydrogen) atoms. The number of furan rings is 1. The van der Waals surface area contributed by atoms with Gasteiger partial charge in [0.15, 0.2) is 5.96 Å². The van der Waals surface area contributed by atoms with E-state index in [-0.39, 0.29) is 12.5 Å². The van der Waals surface area contributed by atoms with E-state index in [1.807, 2.05) is 13.0 Å². The summed E-state index contributed by atoms with van der Waals surface area (Å²) < 4.78 is 10.6. The Morgan fingerprint density at radius 2 is 2.12 bits per heavy atom. The molecule has 140 valence electrons. The Kier molecular flexibility index (Phi) is 8.27. The number of hydrogen-bond donors (Lipinski definition) is 3. The van der Waals surface area contributed by atoms with Crippen molar-refractivity contribution >= 4 is 11.9 Å². The standard InChI is InChI=1S/C17H29N5O3/c1-3-18-17(20-11-14(2)22-6-9-24-10-7-22)21-13-16(23)19-12-15-5-4-8-25-15/h4-5,8,14H,3,6-7,9-13H2,1-2H3,(H,19,23)(H2,18,20,21). The number of morpholine rings is 1. The van der Waals surface area contributed by atoms with Crippen molar-refractivity contribution < 1.29 is 13.9 Å². The van der Waals surface area contributed by atoms with Gasteiger partial charge in [0.2, 0.25) is 5.91 Å². The van der Waals surface area contributed by atoms with Crippen molar-refractivity contribution in [2.75, 3.05) is 45.9 Å². The summed E-state index contributed by atoms with van der Waals surface area (Å²) in [5, 5.41) is 9.25. The van der Waals surface area contributed by atoms with Crippen molar-refractivity contribution in [1.82, 2.24) is 20.9 Å². The molecule has 1 atom stereocenters. The highest BCUT2D eigenvalue weighted by atomic mass is 16.5. The van der Waals surface area contributed by atoms with Crippen molar-refractivity contribution in [3.8, 4) is 0 Å². The minimum Gasteiger partial charge on any atom is -0.467 e. The Morgan fingerprint density at radius 3 is 2.80 bits per heavy atom. The molecule has 0 aromatic carbocycles. The highest BCUT2D eigenvalue weighted by Crippen LogP contribution is 2.02. The number of carbonyl (C=O) groups excluding carboxylic acids is 1. The van der Waals surface area contributed by atoms with Crippen LogP contribution < -0.4 is 16.0 Å². The van der Waals surface area contributed by atoms with E-state index in [4.69, 9.17) is 9.15 Å². The van der Waals surface area contributed by atoms with Crippen LogP contribution in [-0.4, -0.2) is 68.7 Å². The number of ether oxygens (including phenoxy) is 1. The first-order valence-electron chi connectivity index (χ1n) is 8.82. The molecule has 0 aliphatic carbocycles. The quantitative estimate of drug-likeness (QED) is 0.457. The van der Waals surface area contributed by atoms with Crippen LogP contribution in [0, 0.1) is 0 Å². The van der Waals surface area contributed by atoms with Gasteiger partial charge >= 0.3 is 0 Å². The van der Waals surface area contributed by atoms with Gasteiger partial charge in [0.05, 0.1) is 26.0 Å². The second-order valence-electron chi connectivity index (χ2n) is 5.93. The van der Waals surface area contributed by atoms with Gasteiger partial charge in [-0.3, -0.25) is 9.69 Å². The minimum absolute atomic E-state index is 0.0714. The van der Waals surface area contributed by atoms with Crippen LogP contribution in [0.1, 0.15) is 19.6 Å². The largest absolute Gasteiger partial charge is 0.467 e. The van der Waals surface area contributed by atoms with Crippen molar-refractivity contribution in [2.45, 2.75) is 26.4 Å². The molecule has 0 bridgehead atoms. The Bertz CT molecular complexity index is 526. The third-order valence-corrected chi connectivity index (χ3v) is 4.00. The molecule has 1 aromatic rings. The molecule has 0 radical (unpaired) electrons. The van der Waals surface area contributed by atoms with Crippen molar-refractivity contribution in [3.63, 3.8) is 0 Å². The zero-order valence-electron chi connectivity index (χ0n) is 15.1. The Labute approximate surface area is 149 Å². The summed E-state index contributed by atoms with van der Waals surface area (Å²) in [7, 11) is 0. The number of hydrogen-bond acceptors (Lipinski definition) is 5. The predicted octanol–water partition coefficient (Wildman–Crippen LogP) is 0.172. The average Bonchev–Trinajstić information content (AvgIpc) is 3.16. The highest BCUT2D eigenvalue weighted by Gasteiger charge is 2.17. The average molecular weight is 351 g/mol. The zero-order valence-corrected chi connectivity index (χ0v) is 15.1. The van der Waals surface area contributed by atoms with Gasteiger partial charge in [-0.05, 0) is 26.0 Å². The van der Waals surface area contributed by atoms with Crippen molar-refractivity contribution in [3.05, 3.63) is 24.2 Å². The summed E-state index contributed by atoms with van der Waals surface area (Å²) in [6, 6.07) is 3.99. The summed E-state index contributed by atoms with van der Waals surface area (Å²) in [5.41, 5.74) is 0. The van der Waals surface area contributed by atoms with Crippen LogP contribution in [0.5, 0.6) is 0 Å². The second-order valence-corrected chi connectivity index (χ2v) is 5.93. The third-order valence-electron chi connectivity index (χ3n) is 4.00. The van der Waals surface area contributed by atoms with Gasteiger partial charge in [-0.25, -0.2) is 4.99 Å². The molecule has 8 nitrogen and oxygen atoms in total. The number of nitrogens with one attached hydrogen (secondary N) is 3. The van der Waals surface area contributed by atoms with Gasteiger partial charge in [0, 0.05) is 32.2 Å². The molecular weight excluding hydrogens is 322 g/mol. The summed E-state index contributed by atoms with van der Waals surface area (Å²) in [5.74, 6) is 1.23. The molecule has 1 amide bonds. The first-order valence-corrected chi connectivity index (χ1v) is 8.82. The number of rotatable bonds is 8. The molecule has 2 rings (SSSR count). The van der Waals surface area contributed by atoms with Gasteiger partial charge in [-0.2, -0.15) is 0 Å². The summed E-state index contributed by atoms with van der Waals surface area (Å²) in [6.07, 6.45) is 1.59. The van der Waals surface area contributed by atoms with Gasteiger partial charge < -0.3 is 25.1 Å². The van der Waals surface area contributed by atoms with Crippen LogP contribution in [0.2, 0.25) is 0 Å². The van der Waals surface area contributed by atoms with E-state index < -0.39 is 0 Å². The lowest BCUT2D eigenvalue weighted by atomic mass is 10.2. The van der Waals surface area contributed by atoms with E-state index in [9.17, 15) is 4.79 Å². The molecule has 2 heterocycles. The molecule has 3 N–H and O–H groups in total. The maximum atomic E-state index is 11.9. The SMILES string of the molecule is CCNC(=NCC(=O)NCc1ccco1)NCC(C)N1CCOCC1. The fraction of sp³-hybridized carbons (Fsp3) is 0.647. The molecule has 1 saturated heterocycles. The van der Waals surface area contributed by atoms with Crippen LogP contribution >= 0.6 is 0 Å². The minimum atomic E-state index is -0.144. The molecule has 1 aliphatic rings. The van der Waals surface area contributed by atoms with E-state index >= 15 is 0 Å². The van der Waals surface area contributed by atoms with Crippen LogP contribution in [0.15, 0.2) is 27.8 Å². The van der Waals surface area contributed by atoms with Crippen LogP contribution in [0.25, 0.3) is 0 Å². The molecule has 1 aliphatic heterocycles. The summed E-state index contributed by atoms with van der Waals surface area (Å²) >= 11 is 0. The maximum absolute atomic E-state index is 11.9. The first kappa shape index (κ1) is 19.3. The van der Waals surface area contributed by atoms with Crippen LogP contribution in [0.4, 0.5) is 0 Å². The molecule has 1 aromatic heterocycles. The fourth-order valence-electron chi connectivity index (χ4n) is 2.54. The monoisotopic (exact) mass is 351 g/mol. The van der Waals surface area contributed by atoms with E-state index in [1.54, 1.807) is 12.3 Å². The van der Waals surface area contributed by atoms with Gasteiger partial charge in [0.1, 0.15) is 12.3 Å². The number of carbonyl (C=O) groups is 1. The molecule has 1 unspecified atom stereocenters. The molecule has 1 fully saturated rings. The number of aliphatic imine (C=N–C) groups is 1. The van der Waals surface area contributed by atoms with Gasteiger partial charge in [-0.1, -0.05) is 0 Å². The lowest BCUT2D eigenvalue weighted by molar-refractivity contribution is -0.119. The Balaban J connectivity index is 1.73. The third kappa shape index (κ3) is 7.15. The first-order chi connectivity index (χ1) is 12.2. The van der Waals surface area contributed by atoms with Gasteiger partial charge in [0.25, 0.3) is 0 Å². The fourth-order valence-corrected chi connectivity index (χ4v) is 2.54. The van der Waals surface area contributed by atoms with E-state index in [2.05, 4.69) is 32.8 Å². The van der Waals surface area contributed by atoms with Crippen LogP contribution in [-0.2, 0) is 16.1 Å². The molecule has 0 saturated carbocycles. The normalized spacial score (nSPS) is 17.1. The lowest BCUT2D eigenvalue weighted by Crippen LogP contribution is -2.49. The van der Waals surface area contributed by atoms with Crippen molar-refractivity contribution in [1.29, 1.82) is 0 Å². The Hall–Kier alpha value is -2.06.